The SMILES string of the molecule is CCCCn1nnc(C)n1. The second kappa shape index (κ2) is 3.29. The lowest BCUT2D eigenvalue weighted by Gasteiger charge is -1.92. The Kier molecular flexibility index (Phi) is 2.36. The molecular weight excluding hydrogens is 128 g/mol. The normalized spacial score (nSPS) is 10.2. The first kappa shape index (κ1) is 7.18. The molecule has 0 fully saturated rings. The molecule has 0 aliphatic heterocycles. The highest BCUT2D eigenvalue weighted by molar-refractivity contribution is 4.66. The zero-order chi connectivity index (χ0) is 7.40. The number of aryl methyl sites for hydroxylation is 2. The minimum absolute atomic E-state index is 0.746. The number of hydrogen-bond acceptors (Lipinski definition) is 3. The van der Waals surface area contributed by atoms with E-state index in [9.17, 15) is 0 Å². The van der Waals surface area contributed by atoms with Crippen LogP contribution in [0.15, 0.2) is 0 Å². The van der Waals surface area contributed by atoms with Crippen molar-refractivity contribution in [2.75, 3.05) is 0 Å². The second-order valence-corrected chi connectivity index (χ2v) is 2.29. The van der Waals surface area contributed by atoms with Crippen LogP contribution in [0.5, 0.6) is 0 Å². The highest BCUT2D eigenvalue weighted by Gasteiger charge is 1.93. The van der Waals surface area contributed by atoms with Crippen LogP contribution in [0.25, 0.3) is 0 Å². The quantitative estimate of drug-likeness (QED) is 0.623. The molecule has 4 nitrogen and oxygen atoms in total. The van der Waals surface area contributed by atoms with Gasteiger partial charge in [0.05, 0.1) is 6.54 Å². The van der Waals surface area contributed by atoms with Crippen LogP contribution in [0.1, 0.15) is 25.6 Å². The van der Waals surface area contributed by atoms with E-state index in [1.807, 2.05) is 6.92 Å². The van der Waals surface area contributed by atoms with Crippen molar-refractivity contribution >= 4 is 0 Å². The third-order valence-corrected chi connectivity index (χ3v) is 1.26. The van der Waals surface area contributed by atoms with E-state index in [1.165, 1.54) is 6.42 Å². The summed E-state index contributed by atoms with van der Waals surface area (Å²) in [6.07, 6.45) is 2.29. The van der Waals surface area contributed by atoms with Crippen molar-refractivity contribution in [2.45, 2.75) is 33.2 Å². The molecule has 0 saturated carbocycles. The smallest absolute Gasteiger partial charge is 0.164 e. The van der Waals surface area contributed by atoms with Gasteiger partial charge in [0.1, 0.15) is 0 Å². The Bertz CT molecular complexity index is 193. The largest absolute Gasteiger partial charge is 0.171 e. The molecule has 0 amide bonds. The minimum atomic E-state index is 0.746. The first-order valence-corrected chi connectivity index (χ1v) is 3.57. The molecule has 0 saturated heterocycles. The highest BCUT2D eigenvalue weighted by Crippen LogP contribution is 1.89. The molecule has 1 rings (SSSR count). The zero-order valence-corrected chi connectivity index (χ0v) is 6.41. The summed E-state index contributed by atoms with van der Waals surface area (Å²) < 4.78 is 0. The van der Waals surface area contributed by atoms with E-state index in [-0.39, 0.29) is 0 Å². The van der Waals surface area contributed by atoms with E-state index in [2.05, 4.69) is 22.3 Å². The average molecular weight is 140 g/mol. The van der Waals surface area contributed by atoms with Crippen LogP contribution >= 0.6 is 0 Å². The first-order chi connectivity index (χ1) is 4.83. The lowest BCUT2D eigenvalue weighted by Crippen LogP contribution is -2.01. The summed E-state index contributed by atoms with van der Waals surface area (Å²) >= 11 is 0. The minimum Gasteiger partial charge on any atom is -0.164 e. The molecule has 1 aromatic heterocycles. The Hall–Kier alpha value is -0.930. The van der Waals surface area contributed by atoms with Gasteiger partial charge in [0.25, 0.3) is 0 Å². The second-order valence-electron chi connectivity index (χ2n) is 2.29. The van der Waals surface area contributed by atoms with Gasteiger partial charge in [-0.15, -0.1) is 10.2 Å². The maximum absolute atomic E-state index is 4.04. The standard InChI is InChI=1S/C6H12N4/c1-3-4-5-10-8-6(2)7-9-10/h3-5H2,1-2H3. The Morgan fingerprint density at radius 3 is 2.80 bits per heavy atom. The molecule has 0 N–H and O–H groups in total. The fourth-order valence-electron chi connectivity index (χ4n) is 0.718. The van der Waals surface area contributed by atoms with Crippen LogP contribution in [-0.4, -0.2) is 20.2 Å². The van der Waals surface area contributed by atoms with Gasteiger partial charge in [0.15, 0.2) is 5.82 Å². The molecule has 10 heavy (non-hydrogen) atoms. The summed E-state index contributed by atoms with van der Waals surface area (Å²) in [6, 6.07) is 0. The van der Waals surface area contributed by atoms with Gasteiger partial charge >= 0.3 is 0 Å². The van der Waals surface area contributed by atoms with Crippen molar-refractivity contribution < 1.29 is 0 Å². The molecule has 0 atom stereocenters. The van der Waals surface area contributed by atoms with Gasteiger partial charge in [-0.25, -0.2) is 0 Å². The van der Waals surface area contributed by atoms with E-state index >= 15 is 0 Å². The summed E-state index contributed by atoms with van der Waals surface area (Å²) in [5.41, 5.74) is 0. The molecule has 0 aliphatic carbocycles. The monoisotopic (exact) mass is 140 g/mol. The van der Waals surface area contributed by atoms with Crippen LogP contribution in [-0.2, 0) is 6.54 Å². The number of aromatic nitrogens is 4. The lowest BCUT2D eigenvalue weighted by atomic mass is 10.3. The summed E-state index contributed by atoms with van der Waals surface area (Å²) in [5.74, 6) is 0.746. The molecule has 4 heteroatoms. The number of tetrazole rings is 1. The van der Waals surface area contributed by atoms with Gasteiger partial charge in [0.2, 0.25) is 0 Å². The number of hydrogen-bond donors (Lipinski definition) is 0. The van der Waals surface area contributed by atoms with Gasteiger partial charge in [-0.05, 0) is 18.6 Å². The van der Waals surface area contributed by atoms with Gasteiger partial charge in [-0.3, -0.25) is 0 Å². The van der Waals surface area contributed by atoms with Crippen molar-refractivity contribution in [3.8, 4) is 0 Å². The van der Waals surface area contributed by atoms with Crippen LogP contribution in [0.2, 0.25) is 0 Å². The summed E-state index contributed by atoms with van der Waals surface area (Å²) in [5, 5.41) is 11.6. The molecular formula is C6H12N4. The van der Waals surface area contributed by atoms with E-state index in [1.54, 1.807) is 4.80 Å². The van der Waals surface area contributed by atoms with Gasteiger partial charge < -0.3 is 0 Å². The van der Waals surface area contributed by atoms with Crippen LogP contribution in [0, 0.1) is 6.92 Å². The number of nitrogens with zero attached hydrogens (tertiary/aromatic N) is 4. The zero-order valence-electron chi connectivity index (χ0n) is 6.41. The van der Waals surface area contributed by atoms with Crippen LogP contribution in [0.4, 0.5) is 0 Å². The lowest BCUT2D eigenvalue weighted by molar-refractivity contribution is 0.495. The maximum atomic E-state index is 4.04. The Labute approximate surface area is 60.2 Å². The van der Waals surface area contributed by atoms with Crippen molar-refractivity contribution in [1.29, 1.82) is 0 Å². The third kappa shape index (κ3) is 1.79. The van der Waals surface area contributed by atoms with Crippen molar-refractivity contribution in [1.82, 2.24) is 20.2 Å². The summed E-state index contributed by atoms with van der Waals surface area (Å²) in [4.78, 5) is 1.64. The van der Waals surface area contributed by atoms with Crippen molar-refractivity contribution in [3.63, 3.8) is 0 Å². The Morgan fingerprint density at radius 1 is 1.50 bits per heavy atom. The maximum Gasteiger partial charge on any atom is 0.171 e. The predicted octanol–water partition coefficient (Wildman–Crippen LogP) is 0.782. The van der Waals surface area contributed by atoms with Gasteiger partial charge in [-0.2, -0.15) is 4.80 Å². The summed E-state index contributed by atoms with van der Waals surface area (Å²) in [7, 11) is 0. The molecule has 56 valence electrons. The molecule has 0 radical (unpaired) electrons. The number of unbranched alkanes of at least 4 members (excludes halogenated alkanes) is 1. The van der Waals surface area contributed by atoms with Crippen molar-refractivity contribution in [3.05, 3.63) is 5.82 Å². The van der Waals surface area contributed by atoms with Crippen LogP contribution < -0.4 is 0 Å². The van der Waals surface area contributed by atoms with E-state index < -0.39 is 0 Å². The molecule has 0 bridgehead atoms. The fraction of sp³-hybridized carbons (Fsp3) is 0.833. The van der Waals surface area contributed by atoms with E-state index in [0.717, 1.165) is 18.8 Å². The Morgan fingerprint density at radius 2 is 2.30 bits per heavy atom. The van der Waals surface area contributed by atoms with Crippen LogP contribution in [0.3, 0.4) is 0 Å². The average Bonchev–Trinajstić information content (AvgIpc) is 2.31. The fourth-order valence-corrected chi connectivity index (χ4v) is 0.718. The Balaban J connectivity index is 2.42. The van der Waals surface area contributed by atoms with Gasteiger partial charge in [0, 0.05) is 0 Å². The predicted molar refractivity (Wildman–Crippen MR) is 37.5 cm³/mol. The summed E-state index contributed by atoms with van der Waals surface area (Å²) in [6.45, 7) is 4.87. The highest BCUT2D eigenvalue weighted by atomic mass is 15.6. The molecule has 1 heterocycles. The third-order valence-electron chi connectivity index (χ3n) is 1.26. The first-order valence-electron chi connectivity index (χ1n) is 3.57. The molecule has 0 aromatic carbocycles. The molecule has 1 aromatic rings. The molecule has 0 aliphatic rings. The van der Waals surface area contributed by atoms with E-state index in [0.29, 0.717) is 0 Å². The van der Waals surface area contributed by atoms with Crippen molar-refractivity contribution in [2.24, 2.45) is 0 Å². The molecule has 0 unspecified atom stereocenters. The van der Waals surface area contributed by atoms with E-state index in [4.69, 9.17) is 0 Å². The van der Waals surface area contributed by atoms with Gasteiger partial charge in [-0.1, -0.05) is 13.3 Å². The molecule has 0 spiro atoms. The topological polar surface area (TPSA) is 43.6 Å². The number of rotatable bonds is 3.